The Bertz CT molecular complexity index is 367. The van der Waals surface area contributed by atoms with Gasteiger partial charge in [-0.3, -0.25) is 0 Å². The smallest absolute Gasteiger partial charge is 0.227 e. The second kappa shape index (κ2) is 6.57. The third-order valence-electron chi connectivity index (χ3n) is 3.42. The highest BCUT2D eigenvalue weighted by molar-refractivity contribution is 5.41. The predicted molar refractivity (Wildman–Crippen MR) is 76.0 cm³/mol. The van der Waals surface area contributed by atoms with Gasteiger partial charge in [0.1, 0.15) is 5.82 Å². The molecule has 4 heteroatoms. The highest BCUT2D eigenvalue weighted by atomic mass is 15.3. The molecule has 100 valence electrons. The number of hydrogen-bond donors (Lipinski definition) is 1. The first-order valence-electron chi connectivity index (χ1n) is 7.11. The van der Waals surface area contributed by atoms with Crippen LogP contribution in [0.5, 0.6) is 0 Å². The third-order valence-corrected chi connectivity index (χ3v) is 3.42. The Balaban J connectivity index is 1.97. The van der Waals surface area contributed by atoms with Gasteiger partial charge in [0.2, 0.25) is 5.95 Å². The molecule has 1 saturated heterocycles. The van der Waals surface area contributed by atoms with E-state index in [1.54, 1.807) is 0 Å². The number of rotatable bonds is 5. The van der Waals surface area contributed by atoms with Crippen LogP contribution in [-0.2, 0) is 0 Å². The van der Waals surface area contributed by atoms with Crippen LogP contribution in [0.25, 0.3) is 0 Å². The molecule has 0 radical (unpaired) electrons. The molecule has 2 rings (SSSR count). The summed E-state index contributed by atoms with van der Waals surface area (Å²) in [5, 5.41) is 3.36. The van der Waals surface area contributed by atoms with Crippen molar-refractivity contribution >= 4 is 11.8 Å². The molecule has 0 amide bonds. The summed E-state index contributed by atoms with van der Waals surface area (Å²) in [6.45, 7) is 7.65. The lowest BCUT2D eigenvalue weighted by molar-refractivity contribution is 0.442. The summed E-state index contributed by atoms with van der Waals surface area (Å²) >= 11 is 0. The average molecular weight is 248 g/mol. The molecule has 1 aromatic heterocycles. The third kappa shape index (κ3) is 3.59. The van der Waals surface area contributed by atoms with Crippen LogP contribution in [0.4, 0.5) is 11.8 Å². The topological polar surface area (TPSA) is 41.1 Å². The lowest BCUT2D eigenvalue weighted by atomic mass is 10.0. The summed E-state index contributed by atoms with van der Waals surface area (Å²) in [6.07, 6.45) is 6.81. The molecular weight excluding hydrogens is 224 g/mol. The van der Waals surface area contributed by atoms with Crippen LogP contribution in [0.2, 0.25) is 0 Å². The lowest BCUT2D eigenvalue weighted by Crippen LogP contribution is -2.35. The van der Waals surface area contributed by atoms with Crippen molar-refractivity contribution in [2.75, 3.05) is 29.9 Å². The van der Waals surface area contributed by atoms with Gasteiger partial charge in [-0.25, -0.2) is 4.98 Å². The minimum Gasteiger partial charge on any atom is -0.370 e. The van der Waals surface area contributed by atoms with Gasteiger partial charge in [-0.05, 0) is 31.2 Å². The number of aromatic nitrogens is 2. The van der Waals surface area contributed by atoms with E-state index in [0.717, 1.165) is 37.3 Å². The molecule has 0 spiro atoms. The molecule has 4 nitrogen and oxygen atoms in total. The summed E-state index contributed by atoms with van der Waals surface area (Å²) in [6, 6.07) is 1.95. The van der Waals surface area contributed by atoms with Gasteiger partial charge in [-0.1, -0.05) is 20.3 Å². The van der Waals surface area contributed by atoms with Crippen molar-refractivity contribution in [3.05, 3.63) is 12.3 Å². The number of unbranched alkanes of at least 4 members (excludes halogenated alkanes) is 1. The maximum absolute atomic E-state index is 4.61. The van der Waals surface area contributed by atoms with Gasteiger partial charge in [-0.15, -0.1) is 0 Å². The molecule has 1 N–H and O–H groups in total. The summed E-state index contributed by atoms with van der Waals surface area (Å²) < 4.78 is 0. The molecule has 1 atom stereocenters. The van der Waals surface area contributed by atoms with Crippen LogP contribution in [0, 0.1) is 5.92 Å². The molecule has 1 unspecified atom stereocenters. The minimum atomic E-state index is 0.749. The van der Waals surface area contributed by atoms with E-state index in [1.807, 2.05) is 12.3 Å². The van der Waals surface area contributed by atoms with E-state index in [9.17, 15) is 0 Å². The molecule has 1 aliphatic heterocycles. The predicted octanol–water partition coefficient (Wildman–Crippen LogP) is 2.92. The van der Waals surface area contributed by atoms with E-state index in [-0.39, 0.29) is 0 Å². The van der Waals surface area contributed by atoms with Crippen LogP contribution < -0.4 is 10.2 Å². The fourth-order valence-corrected chi connectivity index (χ4v) is 2.36. The Kier molecular flexibility index (Phi) is 4.79. The van der Waals surface area contributed by atoms with Crippen LogP contribution in [-0.4, -0.2) is 29.6 Å². The largest absolute Gasteiger partial charge is 0.370 e. The number of piperidine rings is 1. The monoisotopic (exact) mass is 248 g/mol. The first-order chi connectivity index (χ1) is 8.79. The summed E-state index contributed by atoms with van der Waals surface area (Å²) in [5.74, 6) is 2.58. The second-order valence-electron chi connectivity index (χ2n) is 5.22. The van der Waals surface area contributed by atoms with E-state index in [1.165, 1.54) is 25.7 Å². The van der Waals surface area contributed by atoms with E-state index in [0.29, 0.717) is 0 Å². The highest BCUT2D eigenvalue weighted by Gasteiger charge is 2.18. The Hall–Kier alpha value is -1.32. The highest BCUT2D eigenvalue weighted by Crippen LogP contribution is 2.20. The van der Waals surface area contributed by atoms with Crippen molar-refractivity contribution in [1.29, 1.82) is 0 Å². The quantitative estimate of drug-likeness (QED) is 0.813. The zero-order chi connectivity index (χ0) is 12.8. The number of hydrogen-bond acceptors (Lipinski definition) is 4. The Morgan fingerprint density at radius 3 is 3.17 bits per heavy atom. The van der Waals surface area contributed by atoms with Gasteiger partial charge < -0.3 is 10.2 Å². The van der Waals surface area contributed by atoms with Crippen molar-refractivity contribution in [1.82, 2.24) is 9.97 Å². The summed E-state index contributed by atoms with van der Waals surface area (Å²) in [4.78, 5) is 11.3. The van der Waals surface area contributed by atoms with E-state index in [2.05, 4.69) is 34.0 Å². The van der Waals surface area contributed by atoms with Gasteiger partial charge in [0.25, 0.3) is 0 Å². The van der Waals surface area contributed by atoms with Crippen LogP contribution in [0.3, 0.4) is 0 Å². The van der Waals surface area contributed by atoms with Crippen LogP contribution in [0.15, 0.2) is 12.3 Å². The zero-order valence-electron chi connectivity index (χ0n) is 11.5. The fourth-order valence-electron chi connectivity index (χ4n) is 2.36. The molecule has 1 aliphatic rings. The maximum atomic E-state index is 4.61. The first-order valence-corrected chi connectivity index (χ1v) is 7.11. The lowest BCUT2D eigenvalue weighted by Gasteiger charge is -2.30. The molecule has 0 bridgehead atoms. The van der Waals surface area contributed by atoms with E-state index >= 15 is 0 Å². The SMILES string of the molecule is CCCCNc1ccnc(N2CCCC(C)C2)n1. The summed E-state index contributed by atoms with van der Waals surface area (Å²) in [5.41, 5.74) is 0. The molecule has 0 saturated carbocycles. The average Bonchev–Trinajstić information content (AvgIpc) is 2.39. The van der Waals surface area contributed by atoms with Gasteiger partial charge in [0, 0.05) is 25.8 Å². The molecule has 1 aromatic rings. The fraction of sp³-hybridized carbons (Fsp3) is 0.714. The van der Waals surface area contributed by atoms with Crippen molar-refractivity contribution in [2.24, 2.45) is 5.92 Å². The van der Waals surface area contributed by atoms with Crippen molar-refractivity contribution < 1.29 is 0 Å². The maximum Gasteiger partial charge on any atom is 0.227 e. The number of anilines is 2. The second-order valence-corrected chi connectivity index (χ2v) is 5.22. The van der Waals surface area contributed by atoms with Gasteiger partial charge in [-0.2, -0.15) is 4.98 Å². The number of nitrogens with one attached hydrogen (secondary N) is 1. The van der Waals surface area contributed by atoms with Gasteiger partial charge in [0.05, 0.1) is 0 Å². The van der Waals surface area contributed by atoms with E-state index < -0.39 is 0 Å². The molecule has 0 aromatic carbocycles. The number of nitrogens with zero attached hydrogens (tertiary/aromatic N) is 3. The molecule has 1 fully saturated rings. The molecule has 0 aliphatic carbocycles. The molecular formula is C14H24N4. The Labute approximate surface area is 110 Å². The summed E-state index contributed by atoms with van der Waals surface area (Å²) in [7, 11) is 0. The zero-order valence-corrected chi connectivity index (χ0v) is 11.5. The first kappa shape index (κ1) is 13.1. The standard InChI is InChI=1S/C14H24N4/c1-3-4-8-15-13-7-9-16-14(17-13)18-10-5-6-12(2)11-18/h7,9,12H,3-6,8,10-11H2,1-2H3,(H,15,16,17). The van der Waals surface area contributed by atoms with Gasteiger partial charge >= 0.3 is 0 Å². The Morgan fingerprint density at radius 2 is 2.39 bits per heavy atom. The molecule has 18 heavy (non-hydrogen) atoms. The van der Waals surface area contributed by atoms with E-state index in [4.69, 9.17) is 0 Å². The normalized spacial score (nSPS) is 19.9. The van der Waals surface area contributed by atoms with Crippen molar-refractivity contribution in [2.45, 2.75) is 39.5 Å². The minimum absolute atomic E-state index is 0.749. The Morgan fingerprint density at radius 1 is 1.50 bits per heavy atom. The van der Waals surface area contributed by atoms with Crippen LogP contribution >= 0.6 is 0 Å². The molecule has 2 heterocycles. The van der Waals surface area contributed by atoms with Crippen molar-refractivity contribution in [3.63, 3.8) is 0 Å². The van der Waals surface area contributed by atoms with Crippen molar-refractivity contribution in [3.8, 4) is 0 Å². The van der Waals surface area contributed by atoms with Gasteiger partial charge in [0.15, 0.2) is 0 Å². The van der Waals surface area contributed by atoms with Crippen LogP contribution in [0.1, 0.15) is 39.5 Å².